The molecule has 4 nitrogen and oxygen atoms in total. The molecule has 2 N–H and O–H groups in total. The number of amides is 1. The largest absolute Gasteiger partial charge is 0.391 e. The van der Waals surface area contributed by atoms with Crippen molar-refractivity contribution in [1.82, 2.24) is 5.32 Å². The van der Waals surface area contributed by atoms with Gasteiger partial charge in [0, 0.05) is 32.1 Å². The topological polar surface area (TPSA) is 58.6 Å². The molecule has 19 heavy (non-hydrogen) atoms. The van der Waals surface area contributed by atoms with Gasteiger partial charge in [0.05, 0.1) is 6.10 Å². The first-order valence-electron chi connectivity index (χ1n) is 6.83. The van der Waals surface area contributed by atoms with Crippen molar-refractivity contribution in [1.29, 1.82) is 0 Å². The van der Waals surface area contributed by atoms with Crippen molar-refractivity contribution in [3.8, 4) is 0 Å². The molecule has 1 amide bonds. The van der Waals surface area contributed by atoms with E-state index in [-0.39, 0.29) is 11.8 Å². The Bertz CT molecular complexity index is 388. The van der Waals surface area contributed by atoms with Crippen LogP contribution in [0.1, 0.15) is 18.4 Å². The molecule has 104 valence electrons. The third kappa shape index (κ3) is 4.65. The highest BCUT2D eigenvalue weighted by atomic mass is 16.5. The fourth-order valence-electron chi connectivity index (χ4n) is 2.28. The monoisotopic (exact) mass is 263 g/mol. The maximum absolute atomic E-state index is 11.9. The van der Waals surface area contributed by atoms with E-state index in [1.54, 1.807) is 0 Å². The van der Waals surface area contributed by atoms with Crippen LogP contribution < -0.4 is 5.32 Å². The number of nitrogens with one attached hydrogen (secondary N) is 1. The van der Waals surface area contributed by atoms with E-state index in [4.69, 9.17) is 4.74 Å². The third-order valence-corrected chi connectivity index (χ3v) is 3.42. The van der Waals surface area contributed by atoms with Gasteiger partial charge >= 0.3 is 0 Å². The van der Waals surface area contributed by atoms with Gasteiger partial charge in [0.25, 0.3) is 0 Å². The van der Waals surface area contributed by atoms with Gasteiger partial charge in [-0.05, 0) is 18.4 Å². The van der Waals surface area contributed by atoms with Crippen molar-refractivity contribution in [2.24, 2.45) is 5.92 Å². The highest BCUT2D eigenvalue weighted by Crippen LogP contribution is 2.14. The average Bonchev–Trinajstić information content (AvgIpc) is 2.47. The smallest absolute Gasteiger partial charge is 0.223 e. The minimum absolute atomic E-state index is 0.0374. The summed E-state index contributed by atoms with van der Waals surface area (Å²) in [5.74, 6) is 0.0769. The molecular weight excluding hydrogens is 242 g/mol. The van der Waals surface area contributed by atoms with Gasteiger partial charge in [-0.1, -0.05) is 30.3 Å². The summed E-state index contributed by atoms with van der Waals surface area (Å²) in [7, 11) is 0. The number of rotatable bonds is 5. The molecule has 1 atom stereocenters. The second kappa shape index (κ2) is 7.26. The third-order valence-electron chi connectivity index (χ3n) is 3.42. The summed E-state index contributed by atoms with van der Waals surface area (Å²) in [5.41, 5.74) is 1.08. The van der Waals surface area contributed by atoms with Crippen molar-refractivity contribution in [2.75, 3.05) is 19.8 Å². The molecule has 1 fully saturated rings. The van der Waals surface area contributed by atoms with Gasteiger partial charge < -0.3 is 15.2 Å². The molecule has 0 aliphatic carbocycles. The maximum atomic E-state index is 11.9. The molecule has 1 heterocycles. The maximum Gasteiger partial charge on any atom is 0.223 e. The number of carbonyl (C=O) groups excluding carboxylic acids is 1. The zero-order chi connectivity index (χ0) is 13.5. The predicted octanol–water partition coefficient (Wildman–Crippen LogP) is 1.13. The Labute approximate surface area is 113 Å². The molecule has 0 aromatic heterocycles. The van der Waals surface area contributed by atoms with Crippen LogP contribution in [0.3, 0.4) is 0 Å². The SMILES string of the molecule is O=C(NCC(O)Cc1ccccc1)C1CCOCC1. The molecule has 1 aliphatic heterocycles. The number of aliphatic hydroxyl groups is 1. The van der Waals surface area contributed by atoms with Crippen LogP contribution in [-0.2, 0) is 16.0 Å². The summed E-state index contributed by atoms with van der Waals surface area (Å²) >= 11 is 0. The van der Waals surface area contributed by atoms with Crippen LogP contribution in [0, 0.1) is 5.92 Å². The Kier molecular flexibility index (Phi) is 5.36. The minimum Gasteiger partial charge on any atom is -0.391 e. The lowest BCUT2D eigenvalue weighted by atomic mass is 9.99. The Balaban J connectivity index is 1.71. The summed E-state index contributed by atoms with van der Waals surface area (Å²) in [6.45, 7) is 1.63. The molecule has 0 radical (unpaired) electrons. The Morgan fingerprint density at radius 1 is 1.32 bits per heavy atom. The molecular formula is C15H21NO3. The quantitative estimate of drug-likeness (QED) is 0.837. The average molecular weight is 263 g/mol. The van der Waals surface area contributed by atoms with Crippen LogP contribution >= 0.6 is 0 Å². The molecule has 2 rings (SSSR count). The molecule has 1 unspecified atom stereocenters. The number of hydrogen-bond acceptors (Lipinski definition) is 3. The minimum atomic E-state index is -0.536. The first-order valence-corrected chi connectivity index (χ1v) is 6.83. The highest BCUT2D eigenvalue weighted by Gasteiger charge is 2.21. The van der Waals surface area contributed by atoms with Gasteiger partial charge in [0.1, 0.15) is 0 Å². The number of aliphatic hydroxyl groups excluding tert-OH is 1. The first-order chi connectivity index (χ1) is 9.25. The molecule has 0 saturated carbocycles. The highest BCUT2D eigenvalue weighted by molar-refractivity contribution is 5.78. The summed E-state index contributed by atoms with van der Waals surface area (Å²) < 4.78 is 5.23. The molecule has 4 heteroatoms. The second-order valence-electron chi connectivity index (χ2n) is 4.98. The van der Waals surface area contributed by atoms with E-state index in [2.05, 4.69) is 5.32 Å². The van der Waals surface area contributed by atoms with Gasteiger partial charge in [0.2, 0.25) is 5.91 Å². The van der Waals surface area contributed by atoms with Gasteiger partial charge in [-0.15, -0.1) is 0 Å². The van der Waals surface area contributed by atoms with E-state index in [0.717, 1.165) is 18.4 Å². The molecule has 1 aromatic carbocycles. The summed E-state index contributed by atoms with van der Waals surface area (Å²) in [4.78, 5) is 11.9. The van der Waals surface area contributed by atoms with Crippen molar-refractivity contribution in [3.63, 3.8) is 0 Å². The van der Waals surface area contributed by atoms with Crippen LogP contribution in [0.15, 0.2) is 30.3 Å². The zero-order valence-electron chi connectivity index (χ0n) is 11.0. The lowest BCUT2D eigenvalue weighted by Crippen LogP contribution is -2.39. The first kappa shape index (κ1) is 14.0. The van der Waals surface area contributed by atoms with E-state index >= 15 is 0 Å². The lowest BCUT2D eigenvalue weighted by molar-refractivity contribution is -0.128. The fraction of sp³-hybridized carbons (Fsp3) is 0.533. The van der Waals surface area contributed by atoms with Crippen LogP contribution in [0.4, 0.5) is 0 Å². The van der Waals surface area contributed by atoms with E-state index in [1.807, 2.05) is 30.3 Å². The Hall–Kier alpha value is -1.39. The summed E-state index contributed by atoms with van der Waals surface area (Å²) in [5, 5.41) is 12.7. The van der Waals surface area contributed by atoms with E-state index in [0.29, 0.717) is 26.2 Å². The van der Waals surface area contributed by atoms with Crippen LogP contribution in [-0.4, -0.2) is 36.9 Å². The predicted molar refractivity (Wildman–Crippen MR) is 72.7 cm³/mol. The van der Waals surface area contributed by atoms with Gasteiger partial charge in [-0.2, -0.15) is 0 Å². The zero-order valence-corrected chi connectivity index (χ0v) is 11.0. The molecule has 0 spiro atoms. The van der Waals surface area contributed by atoms with Crippen molar-refractivity contribution < 1.29 is 14.6 Å². The van der Waals surface area contributed by atoms with Crippen LogP contribution in [0.25, 0.3) is 0 Å². The number of benzene rings is 1. The van der Waals surface area contributed by atoms with E-state index in [1.165, 1.54) is 0 Å². The van der Waals surface area contributed by atoms with Crippen molar-refractivity contribution >= 4 is 5.91 Å². The van der Waals surface area contributed by atoms with E-state index < -0.39 is 6.10 Å². The van der Waals surface area contributed by atoms with Gasteiger partial charge in [0.15, 0.2) is 0 Å². The normalized spacial score (nSPS) is 17.9. The number of hydrogen-bond donors (Lipinski definition) is 2. The molecule has 1 aromatic rings. The summed E-state index contributed by atoms with van der Waals surface area (Å²) in [6.07, 6.45) is 1.59. The van der Waals surface area contributed by atoms with Crippen molar-refractivity contribution in [2.45, 2.75) is 25.4 Å². The van der Waals surface area contributed by atoms with E-state index in [9.17, 15) is 9.90 Å². The molecule has 1 aliphatic rings. The second-order valence-corrected chi connectivity index (χ2v) is 4.98. The van der Waals surface area contributed by atoms with Crippen LogP contribution in [0.2, 0.25) is 0 Å². The lowest BCUT2D eigenvalue weighted by Gasteiger charge is -2.22. The standard InChI is InChI=1S/C15H21NO3/c17-14(10-12-4-2-1-3-5-12)11-16-15(18)13-6-8-19-9-7-13/h1-5,13-14,17H,6-11H2,(H,16,18). The Morgan fingerprint density at radius 3 is 2.68 bits per heavy atom. The molecule has 1 saturated heterocycles. The van der Waals surface area contributed by atoms with Crippen molar-refractivity contribution in [3.05, 3.63) is 35.9 Å². The number of carbonyl (C=O) groups is 1. The van der Waals surface area contributed by atoms with Gasteiger partial charge in [-0.3, -0.25) is 4.79 Å². The summed E-state index contributed by atoms with van der Waals surface area (Å²) in [6, 6.07) is 9.79. The fourth-order valence-corrected chi connectivity index (χ4v) is 2.28. The Morgan fingerprint density at radius 2 is 2.00 bits per heavy atom. The molecule has 0 bridgehead atoms. The number of ether oxygens (including phenoxy) is 1. The van der Waals surface area contributed by atoms with Gasteiger partial charge in [-0.25, -0.2) is 0 Å². The van der Waals surface area contributed by atoms with Crippen LogP contribution in [0.5, 0.6) is 0 Å².